The van der Waals surface area contributed by atoms with Gasteiger partial charge in [-0.2, -0.15) is 0 Å². The molecule has 0 atom stereocenters. The Morgan fingerprint density at radius 3 is 2.59 bits per heavy atom. The van der Waals surface area contributed by atoms with Gasteiger partial charge in [0.25, 0.3) is 0 Å². The van der Waals surface area contributed by atoms with Crippen molar-refractivity contribution in [1.82, 2.24) is 0 Å². The number of thioether (sulfide) groups is 1. The van der Waals surface area contributed by atoms with E-state index in [0.717, 1.165) is 22.1 Å². The summed E-state index contributed by atoms with van der Waals surface area (Å²) in [7, 11) is 1.65. The summed E-state index contributed by atoms with van der Waals surface area (Å²) in [6.07, 6.45) is 0. The van der Waals surface area contributed by atoms with Crippen LogP contribution in [0.5, 0.6) is 5.75 Å². The van der Waals surface area contributed by atoms with Crippen molar-refractivity contribution < 1.29 is 4.74 Å². The molecule has 0 radical (unpaired) electrons. The molecule has 88 valence electrons. The zero-order valence-corrected chi connectivity index (χ0v) is 10.5. The largest absolute Gasteiger partial charge is 0.497 e. The Labute approximate surface area is 106 Å². The number of hydrogen-bond donors (Lipinski definition) is 1. The van der Waals surface area contributed by atoms with E-state index in [1.165, 1.54) is 5.56 Å². The van der Waals surface area contributed by atoms with Gasteiger partial charge in [-0.25, -0.2) is 0 Å². The van der Waals surface area contributed by atoms with Crippen LogP contribution in [0.1, 0.15) is 5.56 Å². The minimum Gasteiger partial charge on any atom is -0.497 e. The van der Waals surface area contributed by atoms with Crippen molar-refractivity contribution in [2.45, 2.75) is 10.6 Å². The van der Waals surface area contributed by atoms with E-state index in [2.05, 4.69) is 24.3 Å². The number of nitrogen functional groups attached to an aromatic ring is 1. The molecule has 0 heterocycles. The second-order valence-electron chi connectivity index (χ2n) is 3.72. The Morgan fingerprint density at radius 2 is 1.88 bits per heavy atom. The normalized spacial score (nSPS) is 10.2. The lowest BCUT2D eigenvalue weighted by Crippen LogP contribution is -1.89. The summed E-state index contributed by atoms with van der Waals surface area (Å²) in [4.78, 5) is 1.13. The van der Waals surface area contributed by atoms with Gasteiger partial charge in [-0.3, -0.25) is 0 Å². The van der Waals surface area contributed by atoms with Crippen molar-refractivity contribution >= 4 is 17.4 Å². The summed E-state index contributed by atoms with van der Waals surface area (Å²) < 4.78 is 5.19. The first-order chi connectivity index (χ1) is 8.28. The molecule has 0 aliphatic heterocycles. The molecule has 2 aromatic carbocycles. The fourth-order valence-corrected chi connectivity index (χ4v) is 2.48. The molecule has 0 aromatic heterocycles. The lowest BCUT2D eigenvalue weighted by molar-refractivity contribution is 0.414. The van der Waals surface area contributed by atoms with Crippen LogP contribution in [0, 0.1) is 0 Å². The highest BCUT2D eigenvalue weighted by Gasteiger charge is 2.00. The van der Waals surface area contributed by atoms with E-state index in [9.17, 15) is 0 Å². The fourth-order valence-electron chi connectivity index (χ4n) is 1.54. The molecular weight excluding hydrogens is 230 g/mol. The van der Waals surface area contributed by atoms with Gasteiger partial charge in [-0.15, -0.1) is 11.8 Å². The third-order valence-electron chi connectivity index (χ3n) is 2.39. The Kier molecular flexibility index (Phi) is 3.94. The van der Waals surface area contributed by atoms with Gasteiger partial charge < -0.3 is 10.5 Å². The zero-order valence-electron chi connectivity index (χ0n) is 9.72. The molecule has 0 amide bonds. The van der Waals surface area contributed by atoms with E-state index >= 15 is 0 Å². The van der Waals surface area contributed by atoms with Gasteiger partial charge in [-0.1, -0.05) is 30.3 Å². The monoisotopic (exact) mass is 245 g/mol. The average molecular weight is 245 g/mol. The highest BCUT2D eigenvalue weighted by Crippen LogP contribution is 2.28. The highest BCUT2D eigenvalue weighted by molar-refractivity contribution is 7.98. The molecule has 0 spiro atoms. The van der Waals surface area contributed by atoms with Gasteiger partial charge in [0.1, 0.15) is 5.75 Å². The van der Waals surface area contributed by atoms with Gasteiger partial charge in [0.05, 0.1) is 7.11 Å². The molecule has 2 aromatic rings. The van der Waals surface area contributed by atoms with Crippen LogP contribution in [0.4, 0.5) is 5.69 Å². The van der Waals surface area contributed by atoms with E-state index in [1.54, 1.807) is 18.9 Å². The molecule has 0 aliphatic carbocycles. The molecule has 0 bridgehead atoms. The van der Waals surface area contributed by atoms with Gasteiger partial charge in [0, 0.05) is 22.4 Å². The van der Waals surface area contributed by atoms with Crippen LogP contribution >= 0.6 is 11.8 Å². The lowest BCUT2D eigenvalue weighted by atomic mass is 10.2. The van der Waals surface area contributed by atoms with E-state index in [4.69, 9.17) is 10.5 Å². The molecular formula is C14H15NOS. The zero-order chi connectivity index (χ0) is 12.1. The lowest BCUT2D eigenvalue weighted by Gasteiger charge is -2.06. The first-order valence-electron chi connectivity index (χ1n) is 5.39. The summed E-state index contributed by atoms with van der Waals surface area (Å²) in [5.41, 5.74) is 7.85. The number of methoxy groups -OCH3 is 1. The van der Waals surface area contributed by atoms with E-state index in [-0.39, 0.29) is 0 Å². The standard InChI is InChI=1S/C14H15NOS/c1-16-13-7-12(15)8-14(9-13)17-10-11-5-3-2-4-6-11/h2-9H,10,15H2,1H3. The van der Waals surface area contributed by atoms with Gasteiger partial charge in [0.2, 0.25) is 0 Å². The molecule has 17 heavy (non-hydrogen) atoms. The van der Waals surface area contributed by atoms with Crippen molar-refractivity contribution in [3.63, 3.8) is 0 Å². The Hall–Kier alpha value is -1.61. The van der Waals surface area contributed by atoms with Crippen molar-refractivity contribution in [2.24, 2.45) is 0 Å². The molecule has 0 aliphatic rings. The predicted molar refractivity (Wildman–Crippen MR) is 73.4 cm³/mol. The Bertz CT molecular complexity index is 485. The summed E-state index contributed by atoms with van der Waals surface area (Å²) in [5.74, 6) is 1.74. The van der Waals surface area contributed by atoms with Crippen molar-refractivity contribution in [3.8, 4) is 5.75 Å². The third-order valence-corrected chi connectivity index (χ3v) is 3.43. The first-order valence-corrected chi connectivity index (χ1v) is 6.38. The minimum absolute atomic E-state index is 0.736. The van der Waals surface area contributed by atoms with E-state index in [0.29, 0.717) is 0 Å². The SMILES string of the molecule is COc1cc(N)cc(SCc2ccccc2)c1. The van der Waals surface area contributed by atoms with Crippen LogP contribution in [-0.2, 0) is 5.75 Å². The molecule has 2 N–H and O–H groups in total. The van der Waals surface area contributed by atoms with Gasteiger partial charge >= 0.3 is 0 Å². The van der Waals surface area contributed by atoms with E-state index in [1.807, 2.05) is 24.3 Å². The van der Waals surface area contributed by atoms with Crippen LogP contribution in [0.3, 0.4) is 0 Å². The number of nitrogens with two attached hydrogens (primary N) is 1. The van der Waals surface area contributed by atoms with Gasteiger partial charge in [-0.05, 0) is 17.7 Å². The van der Waals surface area contributed by atoms with E-state index < -0.39 is 0 Å². The Morgan fingerprint density at radius 1 is 1.12 bits per heavy atom. The maximum Gasteiger partial charge on any atom is 0.122 e. The topological polar surface area (TPSA) is 35.2 Å². The Balaban J connectivity index is 2.06. The molecule has 3 heteroatoms. The first kappa shape index (κ1) is 11.9. The van der Waals surface area contributed by atoms with Crippen molar-refractivity contribution in [3.05, 3.63) is 54.1 Å². The second-order valence-corrected chi connectivity index (χ2v) is 4.76. The number of ether oxygens (including phenoxy) is 1. The second kappa shape index (κ2) is 5.64. The molecule has 0 unspecified atom stereocenters. The van der Waals surface area contributed by atoms with Crippen LogP contribution in [0.15, 0.2) is 53.4 Å². The summed E-state index contributed by atoms with van der Waals surface area (Å²) >= 11 is 1.76. The van der Waals surface area contributed by atoms with Gasteiger partial charge in [0.15, 0.2) is 0 Å². The van der Waals surface area contributed by atoms with Crippen LogP contribution in [0.25, 0.3) is 0 Å². The molecule has 2 rings (SSSR count). The summed E-state index contributed by atoms with van der Waals surface area (Å²) in [5, 5.41) is 0. The number of anilines is 1. The third kappa shape index (κ3) is 3.43. The molecule has 0 fully saturated rings. The molecule has 2 nitrogen and oxygen atoms in total. The van der Waals surface area contributed by atoms with Crippen LogP contribution in [-0.4, -0.2) is 7.11 Å². The maximum atomic E-state index is 5.81. The highest BCUT2D eigenvalue weighted by atomic mass is 32.2. The summed E-state index contributed by atoms with van der Waals surface area (Å²) in [6.45, 7) is 0. The quantitative estimate of drug-likeness (QED) is 0.660. The van der Waals surface area contributed by atoms with Crippen LogP contribution in [0.2, 0.25) is 0 Å². The molecule has 0 saturated heterocycles. The van der Waals surface area contributed by atoms with Crippen molar-refractivity contribution in [1.29, 1.82) is 0 Å². The molecule has 0 saturated carbocycles. The number of rotatable bonds is 4. The smallest absolute Gasteiger partial charge is 0.122 e. The average Bonchev–Trinajstić information content (AvgIpc) is 2.37. The fraction of sp³-hybridized carbons (Fsp3) is 0.143. The minimum atomic E-state index is 0.736. The number of hydrogen-bond acceptors (Lipinski definition) is 3. The van der Waals surface area contributed by atoms with Crippen LogP contribution < -0.4 is 10.5 Å². The predicted octanol–water partition coefficient (Wildman–Crippen LogP) is 3.57. The number of benzene rings is 2. The van der Waals surface area contributed by atoms with Crippen molar-refractivity contribution in [2.75, 3.05) is 12.8 Å². The maximum absolute atomic E-state index is 5.81. The summed E-state index contributed by atoms with van der Waals surface area (Å²) in [6, 6.07) is 16.2.